The summed E-state index contributed by atoms with van der Waals surface area (Å²) in [5.74, 6) is -1.23. The van der Waals surface area contributed by atoms with Crippen LogP contribution in [0.2, 0.25) is 5.02 Å². The number of hydrogen-bond acceptors (Lipinski definition) is 2. The van der Waals surface area contributed by atoms with Gasteiger partial charge in [0.2, 0.25) is 0 Å². The van der Waals surface area contributed by atoms with E-state index in [4.69, 9.17) is 11.6 Å². The summed E-state index contributed by atoms with van der Waals surface area (Å²) < 4.78 is 25.4. The van der Waals surface area contributed by atoms with Crippen LogP contribution in [0.1, 0.15) is 10.4 Å². The van der Waals surface area contributed by atoms with Crippen molar-refractivity contribution in [2.45, 2.75) is 4.90 Å². The van der Waals surface area contributed by atoms with E-state index in [0.29, 0.717) is 10.6 Å². The molecule has 2 aromatic rings. The number of Topliss-reactive ketones (excluding diaryl/α,β-unsaturated/α-hetero) is 1. The van der Waals surface area contributed by atoms with Crippen LogP contribution in [0.25, 0.3) is 0 Å². The van der Waals surface area contributed by atoms with Crippen molar-refractivity contribution >= 4 is 28.2 Å². The van der Waals surface area contributed by atoms with Gasteiger partial charge in [0.1, 0.15) is 5.82 Å². The summed E-state index contributed by atoms with van der Waals surface area (Å²) in [6.45, 7) is 0. The molecule has 1 atom stereocenters. The van der Waals surface area contributed by atoms with Gasteiger partial charge in [0.25, 0.3) is 0 Å². The molecular formula is C14H10ClFO2S. The minimum atomic E-state index is -1.72. The molecule has 0 fully saturated rings. The fourth-order valence-corrected chi connectivity index (χ4v) is 2.90. The first-order valence-electron chi connectivity index (χ1n) is 5.50. The van der Waals surface area contributed by atoms with Gasteiger partial charge in [-0.25, -0.2) is 4.39 Å². The molecule has 19 heavy (non-hydrogen) atoms. The topological polar surface area (TPSA) is 34.1 Å². The molecular weight excluding hydrogens is 287 g/mol. The Bertz CT molecular complexity index is 587. The molecule has 0 heterocycles. The molecule has 2 nitrogen and oxygen atoms in total. The zero-order valence-corrected chi connectivity index (χ0v) is 11.4. The summed E-state index contributed by atoms with van der Waals surface area (Å²) in [4.78, 5) is 12.0. The van der Waals surface area contributed by atoms with Gasteiger partial charge in [0, 0.05) is 5.56 Å². The lowest BCUT2D eigenvalue weighted by Crippen LogP contribution is -2.12. The Morgan fingerprint density at radius 3 is 2.42 bits per heavy atom. The number of rotatable bonds is 4. The van der Waals surface area contributed by atoms with E-state index in [1.807, 2.05) is 0 Å². The second-order valence-electron chi connectivity index (χ2n) is 3.82. The molecule has 0 aliphatic rings. The van der Waals surface area contributed by atoms with Crippen molar-refractivity contribution in [1.29, 1.82) is 0 Å². The molecule has 98 valence electrons. The summed E-state index contributed by atoms with van der Waals surface area (Å²) in [7, 11) is -1.72. The van der Waals surface area contributed by atoms with Crippen molar-refractivity contribution in [1.82, 2.24) is 0 Å². The summed E-state index contributed by atoms with van der Waals surface area (Å²) in [6.07, 6.45) is 0. The third kappa shape index (κ3) is 3.28. The average Bonchev–Trinajstić information content (AvgIpc) is 2.39. The van der Waals surface area contributed by atoms with Crippen LogP contribution in [0.15, 0.2) is 53.4 Å². The molecule has 2 aromatic carbocycles. The number of ketones is 1. The molecule has 0 saturated heterocycles. The molecule has 2 rings (SSSR count). The summed E-state index contributed by atoms with van der Waals surface area (Å²) >= 11 is 5.89. The summed E-state index contributed by atoms with van der Waals surface area (Å²) in [5, 5.41) is 0.304. The Hall–Kier alpha value is -1.52. The predicted molar refractivity (Wildman–Crippen MR) is 73.5 cm³/mol. The minimum absolute atomic E-state index is 0.0305. The van der Waals surface area contributed by atoms with Crippen LogP contribution < -0.4 is 0 Å². The van der Waals surface area contributed by atoms with Gasteiger partial charge in [-0.2, -0.15) is 0 Å². The van der Waals surface area contributed by atoms with Gasteiger partial charge in [-0.15, -0.1) is 0 Å². The molecule has 1 unspecified atom stereocenters. The Morgan fingerprint density at radius 2 is 1.74 bits per heavy atom. The first-order chi connectivity index (χ1) is 9.09. The Labute approximate surface area is 117 Å². The van der Waals surface area contributed by atoms with Crippen molar-refractivity contribution in [3.8, 4) is 0 Å². The van der Waals surface area contributed by atoms with E-state index in [1.54, 1.807) is 30.3 Å². The van der Waals surface area contributed by atoms with Crippen molar-refractivity contribution in [3.05, 3.63) is 64.9 Å². The second kappa shape index (κ2) is 6.08. The predicted octanol–water partition coefficient (Wildman–Crippen LogP) is 3.47. The molecule has 0 spiro atoms. The Balaban J connectivity index is 2.19. The number of benzene rings is 2. The largest absolute Gasteiger partial charge is 0.293 e. The van der Waals surface area contributed by atoms with E-state index in [2.05, 4.69) is 0 Å². The van der Waals surface area contributed by atoms with Crippen LogP contribution in [0, 0.1) is 5.82 Å². The molecule has 0 bridgehead atoms. The Morgan fingerprint density at radius 1 is 1.11 bits per heavy atom. The van der Waals surface area contributed by atoms with Crippen LogP contribution >= 0.6 is 11.6 Å². The summed E-state index contributed by atoms with van der Waals surface area (Å²) in [5.41, 5.74) is 0.300. The van der Waals surface area contributed by atoms with E-state index in [0.717, 1.165) is 0 Å². The highest BCUT2D eigenvalue weighted by Crippen LogP contribution is 2.18. The maximum Gasteiger partial charge on any atom is 0.177 e. The maximum absolute atomic E-state index is 13.4. The summed E-state index contributed by atoms with van der Waals surface area (Å²) in [6, 6.07) is 12.2. The highest BCUT2D eigenvalue weighted by atomic mass is 35.5. The van der Waals surface area contributed by atoms with Gasteiger partial charge in [-0.05, 0) is 24.3 Å². The van der Waals surface area contributed by atoms with Gasteiger partial charge in [-0.1, -0.05) is 35.9 Å². The van der Waals surface area contributed by atoms with E-state index >= 15 is 0 Å². The van der Waals surface area contributed by atoms with Crippen LogP contribution in [-0.4, -0.2) is 15.7 Å². The first-order valence-corrected chi connectivity index (χ1v) is 7.20. The van der Waals surface area contributed by atoms with Gasteiger partial charge in [0.15, 0.2) is 5.78 Å². The molecule has 0 aliphatic heterocycles. The van der Waals surface area contributed by atoms with Crippen molar-refractivity contribution in [2.24, 2.45) is 0 Å². The third-order valence-electron chi connectivity index (χ3n) is 2.52. The van der Waals surface area contributed by atoms with Crippen molar-refractivity contribution in [3.63, 3.8) is 0 Å². The zero-order chi connectivity index (χ0) is 13.8. The van der Waals surface area contributed by atoms with Gasteiger partial charge >= 0.3 is 0 Å². The van der Waals surface area contributed by atoms with E-state index in [1.165, 1.54) is 18.2 Å². The molecule has 0 radical (unpaired) electrons. The van der Waals surface area contributed by atoms with Crippen LogP contribution in [-0.2, 0) is 10.8 Å². The van der Waals surface area contributed by atoms with E-state index in [9.17, 15) is 13.4 Å². The monoisotopic (exact) mass is 296 g/mol. The fourth-order valence-electron chi connectivity index (χ4n) is 1.59. The van der Waals surface area contributed by atoms with Gasteiger partial charge < -0.3 is 0 Å². The normalized spacial score (nSPS) is 12.1. The quantitative estimate of drug-likeness (QED) is 0.810. The minimum Gasteiger partial charge on any atom is -0.293 e. The molecule has 0 N–H and O–H groups in total. The van der Waals surface area contributed by atoms with E-state index < -0.39 is 16.6 Å². The highest BCUT2D eigenvalue weighted by Gasteiger charge is 2.16. The first kappa shape index (κ1) is 13.9. The van der Waals surface area contributed by atoms with E-state index in [-0.39, 0.29) is 16.4 Å². The lowest BCUT2D eigenvalue weighted by Gasteiger charge is -2.04. The molecule has 0 amide bonds. The molecule has 0 aliphatic carbocycles. The second-order valence-corrected chi connectivity index (χ2v) is 5.65. The van der Waals surface area contributed by atoms with Gasteiger partial charge in [-0.3, -0.25) is 9.00 Å². The van der Waals surface area contributed by atoms with Crippen LogP contribution in [0.4, 0.5) is 4.39 Å². The highest BCUT2D eigenvalue weighted by molar-refractivity contribution is 7.85. The van der Waals surface area contributed by atoms with Crippen LogP contribution in [0.3, 0.4) is 0 Å². The zero-order valence-electron chi connectivity index (χ0n) is 9.81. The molecule has 5 heteroatoms. The lowest BCUT2D eigenvalue weighted by molar-refractivity contribution is 0.102. The van der Waals surface area contributed by atoms with Crippen molar-refractivity contribution in [2.75, 3.05) is 5.75 Å². The number of hydrogen-bond donors (Lipinski definition) is 0. The molecule has 0 saturated carbocycles. The van der Waals surface area contributed by atoms with Gasteiger partial charge in [0.05, 0.1) is 26.5 Å². The van der Waals surface area contributed by atoms with Crippen molar-refractivity contribution < 1.29 is 13.4 Å². The average molecular weight is 297 g/mol. The molecule has 0 aromatic heterocycles. The van der Waals surface area contributed by atoms with Crippen LogP contribution in [0.5, 0.6) is 0 Å². The number of carbonyl (C=O) groups is 1. The standard InChI is InChI=1S/C14H10ClFO2S/c15-11-6-2-1-5-10(11)13(17)9-19(18)14-8-4-3-7-12(14)16/h1-8H,9H2. The smallest absolute Gasteiger partial charge is 0.177 e. The number of carbonyl (C=O) groups excluding carboxylic acids is 1. The SMILES string of the molecule is O=C(CS(=O)c1ccccc1F)c1ccccc1Cl. The maximum atomic E-state index is 13.4. The third-order valence-corrected chi connectivity index (χ3v) is 4.19. The Kier molecular flexibility index (Phi) is 4.45. The lowest BCUT2D eigenvalue weighted by atomic mass is 10.1. The number of halogens is 2. The fraction of sp³-hybridized carbons (Fsp3) is 0.0714.